The predicted molar refractivity (Wildman–Crippen MR) is 71.1 cm³/mol. The van der Waals surface area contributed by atoms with E-state index in [-0.39, 0.29) is 11.6 Å². The van der Waals surface area contributed by atoms with Crippen molar-refractivity contribution in [2.75, 3.05) is 0 Å². The number of hydrogen-bond acceptors (Lipinski definition) is 2. The molecule has 21 heavy (non-hydrogen) atoms. The maximum atomic E-state index is 12.3. The average Bonchev–Trinajstić information content (AvgIpc) is 3.06. The molecule has 7 heteroatoms. The van der Waals surface area contributed by atoms with E-state index >= 15 is 0 Å². The molecule has 2 aromatic heterocycles. The van der Waals surface area contributed by atoms with Crippen molar-refractivity contribution in [2.45, 2.75) is 39.0 Å². The summed E-state index contributed by atoms with van der Waals surface area (Å²) in [6, 6.07) is 3.25. The zero-order valence-corrected chi connectivity index (χ0v) is 11.8. The van der Waals surface area contributed by atoms with Gasteiger partial charge in [-0.15, -0.1) is 0 Å². The lowest BCUT2D eigenvalue weighted by atomic mass is 10.2. The van der Waals surface area contributed by atoms with Gasteiger partial charge < -0.3 is 4.57 Å². The molecular weight excluding hydrogens is 283 g/mol. The molecule has 0 saturated heterocycles. The van der Waals surface area contributed by atoms with Crippen LogP contribution in [0.25, 0.3) is 0 Å². The molecule has 0 spiro atoms. The molecule has 1 atom stereocenters. The smallest absolute Gasteiger partial charge is 0.348 e. The molecule has 0 radical (unpaired) electrons. The summed E-state index contributed by atoms with van der Waals surface area (Å²) in [7, 11) is 0. The third-order valence-corrected chi connectivity index (χ3v) is 3.32. The number of alkyl halides is 3. The average molecular weight is 299 g/mol. The van der Waals surface area contributed by atoms with Crippen LogP contribution in [0.1, 0.15) is 42.4 Å². The summed E-state index contributed by atoms with van der Waals surface area (Å²) < 4.78 is 40.3. The lowest BCUT2D eigenvalue weighted by molar-refractivity contribution is -0.0885. The highest BCUT2D eigenvalue weighted by atomic mass is 19.4. The maximum absolute atomic E-state index is 12.3. The fraction of sp³-hybridized carbons (Fsp3) is 0.429. The SMILES string of the molecule is CCC(C)n1ccc(Cn2ccc(C(=O)C(F)(F)F)c2)n1. The number of Topliss-reactive ketones (excluding diaryl/α,β-unsaturated/α-hetero) is 1. The van der Waals surface area contributed by atoms with E-state index in [0.717, 1.165) is 12.1 Å². The molecule has 4 nitrogen and oxygen atoms in total. The Morgan fingerprint density at radius 1 is 1.33 bits per heavy atom. The lowest BCUT2D eigenvalue weighted by Gasteiger charge is -2.08. The van der Waals surface area contributed by atoms with E-state index in [2.05, 4.69) is 5.10 Å². The summed E-state index contributed by atoms with van der Waals surface area (Å²) >= 11 is 0. The first-order chi connectivity index (χ1) is 9.81. The number of hydrogen-bond donors (Lipinski definition) is 0. The van der Waals surface area contributed by atoms with Crippen molar-refractivity contribution in [3.05, 3.63) is 42.0 Å². The number of halogens is 3. The second kappa shape index (κ2) is 5.75. The molecule has 0 fully saturated rings. The number of rotatable bonds is 5. The van der Waals surface area contributed by atoms with Crippen LogP contribution in [0.4, 0.5) is 13.2 Å². The van der Waals surface area contributed by atoms with Gasteiger partial charge in [0.25, 0.3) is 5.78 Å². The number of ketones is 1. The van der Waals surface area contributed by atoms with Gasteiger partial charge in [-0.25, -0.2) is 0 Å². The summed E-state index contributed by atoms with van der Waals surface area (Å²) in [6.07, 6.45) is 0.577. The molecule has 0 amide bonds. The Morgan fingerprint density at radius 3 is 2.67 bits per heavy atom. The summed E-state index contributed by atoms with van der Waals surface area (Å²) in [6.45, 7) is 4.41. The van der Waals surface area contributed by atoms with Crippen LogP contribution in [-0.4, -0.2) is 26.3 Å². The van der Waals surface area contributed by atoms with Gasteiger partial charge in [-0.05, 0) is 25.5 Å². The fourth-order valence-electron chi connectivity index (χ4n) is 1.92. The summed E-state index contributed by atoms with van der Waals surface area (Å²) in [5, 5.41) is 4.37. The third kappa shape index (κ3) is 3.53. The third-order valence-electron chi connectivity index (χ3n) is 3.32. The van der Waals surface area contributed by atoms with Gasteiger partial charge in [0.2, 0.25) is 0 Å². The summed E-state index contributed by atoms with van der Waals surface area (Å²) in [5.41, 5.74) is 0.376. The van der Waals surface area contributed by atoms with Crippen LogP contribution in [0, 0.1) is 0 Å². The van der Waals surface area contributed by atoms with E-state index in [1.807, 2.05) is 30.8 Å². The molecule has 0 aliphatic rings. The van der Waals surface area contributed by atoms with E-state index in [0.29, 0.717) is 6.54 Å². The van der Waals surface area contributed by atoms with Gasteiger partial charge in [0, 0.05) is 30.2 Å². The van der Waals surface area contributed by atoms with E-state index in [4.69, 9.17) is 0 Å². The number of carbonyl (C=O) groups is 1. The van der Waals surface area contributed by atoms with Crippen molar-refractivity contribution >= 4 is 5.78 Å². The van der Waals surface area contributed by atoms with E-state index in [1.165, 1.54) is 23.0 Å². The first-order valence-electron chi connectivity index (χ1n) is 6.62. The molecule has 0 bridgehead atoms. The van der Waals surface area contributed by atoms with Crippen LogP contribution in [0.2, 0.25) is 0 Å². The number of aromatic nitrogens is 3. The standard InChI is InChI=1S/C14H16F3N3O/c1-3-10(2)20-7-5-12(18-20)9-19-6-4-11(8-19)13(21)14(15,16)17/h4-8,10H,3,9H2,1-2H3. The molecule has 2 heterocycles. The monoisotopic (exact) mass is 299 g/mol. The Labute approximate surface area is 120 Å². The predicted octanol–water partition coefficient (Wildman–Crippen LogP) is 3.45. The highest BCUT2D eigenvalue weighted by Crippen LogP contribution is 2.21. The zero-order valence-electron chi connectivity index (χ0n) is 11.8. The van der Waals surface area contributed by atoms with Crippen LogP contribution < -0.4 is 0 Å². The molecule has 0 N–H and O–H groups in total. The van der Waals surface area contributed by atoms with Crippen molar-refractivity contribution in [2.24, 2.45) is 0 Å². The Morgan fingerprint density at radius 2 is 2.05 bits per heavy atom. The molecule has 1 unspecified atom stereocenters. The quantitative estimate of drug-likeness (QED) is 0.793. The van der Waals surface area contributed by atoms with Crippen LogP contribution in [0.5, 0.6) is 0 Å². The van der Waals surface area contributed by atoms with Crippen LogP contribution >= 0.6 is 0 Å². The molecular formula is C14H16F3N3O. The summed E-state index contributed by atoms with van der Waals surface area (Å²) in [4.78, 5) is 11.1. The van der Waals surface area contributed by atoms with Crippen LogP contribution in [0.15, 0.2) is 30.7 Å². The van der Waals surface area contributed by atoms with E-state index < -0.39 is 12.0 Å². The fourth-order valence-corrected chi connectivity index (χ4v) is 1.92. The first-order valence-corrected chi connectivity index (χ1v) is 6.62. The van der Waals surface area contributed by atoms with E-state index in [1.54, 1.807) is 0 Å². The minimum absolute atomic E-state index is 0.269. The lowest BCUT2D eigenvalue weighted by Crippen LogP contribution is -2.22. The van der Waals surface area contributed by atoms with Gasteiger partial charge in [0.15, 0.2) is 0 Å². The van der Waals surface area contributed by atoms with Crippen molar-refractivity contribution in [1.82, 2.24) is 14.3 Å². The van der Waals surface area contributed by atoms with Gasteiger partial charge in [0.1, 0.15) is 0 Å². The van der Waals surface area contributed by atoms with Gasteiger partial charge in [-0.2, -0.15) is 18.3 Å². The molecule has 0 aromatic carbocycles. The Bertz CT molecular complexity index is 627. The highest BCUT2D eigenvalue weighted by molar-refractivity contribution is 6.00. The van der Waals surface area contributed by atoms with Crippen molar-refractivity contribution in [3.63, 3.8) is 0 Å². The van der Waals surface area contributed by atoms with Gasteiger partial charge in [0.05, 0.1) is 12.2 Å². The van der Waals surface area contributed by atoms with Crippen LogP contribution in [0.3, 0.4) is 0 Å². The molecule has 2 rings (SSSR count). The van der Waals surface area contributed by atoms with Crippen LogP contribution in [-0.2, 0) is 6.54 Å². The van der Waals surface area contributed by atoms with Crippen molar-refractivity contribution < 1.29 is 18.0 Å². The minimum Gasteiger partial charge on any atom is -0.348 e. The number of nitrogens with zero attached hydrogens (tertiary/aromatic N) is 3. The first kappa shape index (κ1) is 15.3. The minimum atomic E-state index is -4.84. The molecule has 0 aliphatic carbocycles. The van der Waals surface area contributed by atoms with E-state index in [9.17, 15) is 18.0 Å². The van der Waals surface area contributed by atoms with Gasteiger partial charge >= 0.3 is 6.18 Å². The molecule has 2 aromatic rings. The molecule has 0 saturated carbocycles. The highest BCUT2D eigenvalue weighted by Gasteiger charge is 2.39. The Balaban J connectivity index is 2.09. The molecule has 0 aliphatic heterocycles. The summed E-state index contributed by atoms with van der Waals surface area (Å²) in [5.74, 6) is -1.83. The largest absolute Gasteiger partial charge is 0.454 e. The van der Waals surface area contributed by atoms with Gasteiger partial charge in [-0.1, -0.05) is 6.92 Å². The van der Waals surface area contributed by atoms with Crippen molar-refractivity contribution in [3.8, 4) is 0 Å². The second-order valence-corrected chi connectivity index (χ2v) is 4.94. The zero-order chi connectivity index (χ0) is 15.6. The second-order valence-electron chi connectivity index (χ2n) is 4.94. The Kier molecular flexibility index (Phi) is 4.20. The Hall–Kier alpha value is -2.05. The topological polar surface area (TPSA) is 39.8 Å². The maximum Gasteiger partial charge on any atom is 0.454 e. The normalized spacial score (nSPS) is 13.4. The number of carbonyl (C=O) groups excluding carboxylic acids is 1. The molecule has 114 valence electrons. The van der Waals surface area contributed by atoms with Gasteiger partial charge in [-0.3, -0.25) is 9.48 Å². The van der Waals surface area contributed by atoms with Crippen molar-refractivity contribution in [1.29, 1.82) is 0 Å².